The molecule has 1 aromatic rings. The molecule has 0 spiro atoms. The Balaban J connectivity index is 0.00000462. The molecule has 2 aliphatic rings. The molecule has 41 heavy (non-hydrogen) atoms. The Bertz CT molecular complexity index is 1240. The Morgan fingerprint density at radius 3 is 2.49 bits per heavy atom. The summed E-state index contributed by atoms with van der Waals surface area (Å²) in [5.74, 6) is 0.694. The number of piperidine rings is 1. The Morgan fingerprint density at radius 2 is 1.88 bits per heavy atom. The first-order valence-corrected chi connectivity index (χ1v) is 14.5. The first-order valence-electron chi connectivity index (χ1n) is 14.5. The summed E-state index contributed by atoms with van der Waals surface area (Å²) < 4.78 is 20.5. The van der Waals surface area contributed by atoms with Crippen LogP contribution in [0.1, 0.15) is 61.3 Å². The van der Waals surface area contributed by atoms with Crippen LogP contribution in [0.2, 0.25) is 0 Å². The van der Waals surface area contributed by atoms with Gasteiger partial charge in [0.05, 0.1) is 5.71 Å². The summed E-state index contributed by atoms with van der Waals surface area (Å²) in [4.78, 5) is 31.9. The molecule has 0 aromatic heterocycles. The number of nitrogens with zero attached hydrogens (tertiary/aromatic N) is 2. The van der Waals surface area contributed by atoms with Crippen LogP contribution in [0, 0.1) is 0 Å². The van der Waals surface area contributed by atoms with E-state index in [0.29, 0.717) is 36.2 Å². The van der Waals surface area contributed by atoms with E-state index in [0.717, 1.165) is 49.4 Å². The van der Waals surface area contributed by atoms with Crippen molar-refractivity contribution in [3.05, 3.63) is 89.8 Å². The zero-order valence-electron chi connectivity index (χ0n) is 24.9. The third-order valence-electron chi connectivity index (χ3n) is 7.37. The second kappa shape index (κ2) is 15.4. The number of aliphatic imine (C=N–C) groups is 1. The van der Waals surface area contributed by atoms with Gasteiger partial charge in [0.25, 0.3) is 5.91 Å². The van der Waals surface area contributed by atoms with Gasteiger partial charge in [-0.15, -0.1) is 0 Å². The molecule has 0 radical (unpaired) electrons. The number of hydrogen-bond acceptors (Lipinski definition) is 5. The molecule has 1 fully saturated rings. The van der Waals surface area contributed by atoms with Crippen LogP contribution in [0.5, 0.6) is 0 Å². The van der Waals surface area contributed by atoms with Crippen molar-refractivity contribution in [2.24, 2.45) is 4.99 Å². The van der Waals surface area contributed by atoms with Gasteiger partial charge in [-0.25, -0.2) is 4.39 Å². The van der Waals surface area contributed by atoms with E-state index in [4.69, 9.17) is 4.74 Å². The molecule has 0 bridgehead atoms. The highest BCUT2D eigenvalue weighted by Gasteiger charge is 2.22. The summed E-state index contributed by atoms with van der Waals surface area (Å²) >= 11 is 0. The highest BCUT2D eigenvalue weighted by molar-refractivity contribution is 6.06. The van der Waals surface area contributed by atoms with Crippen molar-refractivity contribution in [3.63, 3.8) is 0 Å². The van der Waals surface area contributed by atoms with E-state index in [1.54, 1.807) is 37.4 Å². The number of alkyl halides is 1. The van der Waals surface area contributed by atoms with Crippen molar-refractivity contribution < 1.29 is 21.6 Å². The average Bonchev–Trinajstić information content (AvgIpc) is 3.19. The summed E-state index contributed by atoms with van der Waals surface area (Å²) in [5, 5.41) is 2.94. The number of halogens is 1. The lowest BCUT2D eigenvalue weighted by molar-refractivity contribution is -0.118. The van der Waals surface area contributed by atoms with Gasteiger partial charge in [0, 0.05) is 47.1 Å². The molecule has 0 unspecified atom stereocenters. The predicted octanol–water partition coefficient (Wildman–Crippen LogP) is 7.21. The van der Waals surface area contributed by atoms with Gasteiger partial charge in [-0.3, -0.25) is 14.6 Å². The minimum Gasteiger partial charge on any atom is -0.491 e. The van der Waals surface area contributed by atoms with E-state index < -0.39 is 5.67 Å². The molecule has 224 valence electrons. The molecule has 1 aliphatic heterocycles. The van der Waals surface area contributed by atoms with Gasteiger partial charge in [-0.2, -0.15) is 0 Å². The monoisotopic (exact) mass is 565 g/mol. The lowest BCUT2D eigenvalue weighted by Crippen LogP contribution is -2.36. The molecular weight excluding hydrogens is 517 g/mol. The molecular formula is C34H48FN3O3. The number of allylic oxidation sites excluding steroid dienone is 6. The van der Waals surface area contributed by atoms with Crippen LogP contribution in [0.4, 0.5) is 10.1 Å². The third kappa shape index (κ3) is 10.4. The largest absolute Gasteiger partial charge is 0.491 e. The number of benzene rings is 1. The molecule has 7 heteroatoms. The first-order chi connectivity index (χ1) is 19.6. The fraction of sp³-hybridized carbons (Fsp3) is 0.441. The van der Waals surface area contributed by atoms with Crippen LogP contribution < -0.4 is 5.32 Å². The lowest BCUT2D eigenvalue weighted by atomic mass is 9.98. The number of rotatable bonds is 13. The van der Waals surface area contributed by atoms with Crippen LogP contribution >= 0.6 is 0 Å². The lowest BCUT2D eigenvalue weighted by Gasteiger charge is -2.31. The number of ether oxygens (including phenoxy) is 1. The van der Waals surface area contributed by atoms with Crippen LogP contribution in [0.3, 0.4) is 0 Å². The SMILES string of the molecule is C=C/C(=C\C(=NC)C(C)(C)F)CCC(=O)Cc1ccc(NC(=O)C2=CCC=C(OC3CCN(CC)CC3)C=C2)cc1.[HH].[HH]. The maximum absolute atomic E-state index is 14.3. The molecule has 1 aromatic carbocycles. The minimum absolute atomic E-state index is 0. The van der Waals surface area contributed by atoms with E-state index in [1.165, 1.54) is 13.8 Å². The molecule has 1 aliphatic carbocycles. The first kappa shape index (κ1) is 31.9. The molecule has 1 amide bonds. The fourth-order valence-corrected chi connectivity index (χ4v) is 4.82. The van der Waals surface area contributed by atoms with Gasteiger partial charge in [0.2, 0.25) is 0 Å². The van der Waals surface area contributed by atoms with Gasteiger partial charge in [0.15, 0.2) is 0 Å². The maximum atomic E-state index is 14.3. The number of Topliss-reactive ketones (excluding diaryl/α,β-unsaturated/α-hetero) is 1. The highest BCUT2D eigenvalue weighted by Crippen LogP contribution is 2.21. The number of hydrogen-bond donors (Lipinski definition) is 1. The second-order valence-electron chi connectivity index (χ2n) is 11.0. The Labute approximate surface area is 247 Å². The predicted molar refractivity (Wildman–Crippen MR) is 170 cm³/mol. The highest BCUT2D eigenvalue weighted by atomic mass is 19.1. The van der Waals surface area contributed by atoms with Crippen molar-refractivity contribution in [1.29, 1.82) is 0 Å². The zero-order valence-corrected chi connectivity index (χ0v) is 24.9. The summed E-state index contributed by atoms with van der Waals surface area (Å²) in [6.07, 6.45) is 14.8. The van der Waals surface area contributed by atoms with Crippen molar-refractivity contribution >= 4 is 23.1 Å². The van der Waals surface area contributed by atoms with E-state index in [-0.39, 0.29) is 27.1 Å². The number of amides is 1. The summed E-state index contributed by atoms with van der Waals surface area (Å²) in [6, 6.07) is 7.30. The number of likely N-dealkylation sites (tertiary alicyclic amines) is 1. The summed E-state index contributed by atoms with van der Waals surface area (Å²) in [6.45, 7) is 12.1. The minimum atomic E-state index is -1.56. The standard InChI is InChI=1S/C34H44FN3O3.2H2/c1-6-25(24-32(36-5)34(3,4)35)13-17-29(39)23-26-11-15-28(16-12-26)37-33(40)27-9-8-10-30(18-14-27)41-31-19-21-38(7-2)22-20-31;;/h6,9-12,14-16,18,24,31H,1,7-8,13,17,19-23H2,2-5H3,(H,37,40);2*1H/b25-24+,36-32?;;. The van der Waals surface area contributed by atoms with Gasteiger partial charge in [-0.05, 0) is 93.6 Å². The van der Waals surface area contributed by atoms with Crippen LogP contribution in [0.25, 0.3) is 0 Å². The number of nitrogens with one attached hydrogen (secondary N) is 1. The third-order valence-corrected chi connectivity index (χ3v) is 7.37. The number of carbonyl (C=O) groups excluding carboxylic acids is 2. The molecule has 1 N–H and O–H groups in total. The topological polar surface area (TPSA) is 71.0 Å². The van der Waals surface area contributed by atoms with Crippen LogP contribution in [0.15, 0.2) is 89.2 Å². The molecule has 3 rings (SSSR count). The smallest absolute Gasteiger partial charge is 0.255 e. The van der Waals surface area contributed by atoms with Crippen molar-refractivity contribution in [3.8, 4) is 0 Å². The number of carbonyl (C=O) groups is 2. The quantitative estimate of drug-likeness (QED) is 0.203. The van der Waals surface area contributed by atoms with E-state index in [9.17, 15) is 14.0 Å². The van der Waals surface area contributed by atoms with Gasteiger partial charge in [0.1, 0.15) is 23.3 Å². The van der Waals surface area contributed by atoms with Gasteiger partial charge in [-0.1, -0.05) is 37.8 Å². The second-order valence-corrected chi connectivity index (χ2v) is 11.0. The van der Waals surface area contributed by atoms with E-state index >= 15 is 0 Å². The Hall–Kier alpha value is -3.58. The molecule has 6 nitrogen and oxygen atoms in total. The molecule has 0 atom stereocenters. The van der Waals surface area contributed by atoms with Gasteiger partial charge < -0.3 is 15.0 Å². The van der Waals surface area contributed by atoms with Crippen molar-refractivity contribution in [2.45, 2.75) is 71.1 Å². The average molecular weight is 566 g/mol. The molecule has 0 saturated carbocycles. The van der Waals surface area contributed by atoms with E-state index in [1.807, 2.05) is 30.4 Å². The molecule has 1 heterocycles. The van der Waals surface area contributed by atoms with Crippen molar-refractivity contribution in [1.82, 2.24) is 4.90 Å². The molecule has 1 saturated heterocycles. The van der Waals surface area contributed by atoms with Crippen LogP contribution in [-0.4, -0.2) is 60.8 Å². The van der Waals surface area contributed by atoms with E-state index in [2.05, 4.69) is 28.7 Å². The zero-order chi connectivity index (χ0) is 29.8. The number of anilines is 1. The van der Waals surface area contributed by atoms with Gasteiger partial charge >= 0.3 is 0 Å². The normalized spacial score (nSPS) is 17.4. The number of ketones is 1. The van der Waals surface area contributed by atoms with Crippen molar-refractivity contribution in [2.75, 3.05) is 32.0 Å². The summed E-state index contributed by atoms with van der Waals surface area (Å²) in [5.41, 5.74) is 1.64. The Morgan fingerprint density at radius 1 is 1.17 bits per heavy atom. The summed E-state index contributed by atoms with van der Waals surface area (Å²) in [7, 11) is 1.55. The maximum Gasteiger partial charge on any atom is 0.255 e. The van der Waals surface area contributed by atoms with Crippen LogP contribution in [-0.2, 0) is 20.7 Å². The fourth-order valence-electron chi connectivity index (χ4n) is 4.82. The Kier molecular flexibility index (Phi) is 12.0.